The van der Waals surface area contributed by atoms with Gasteiger partial charge >= 0.3 is 0 Å². The number of allylic oxidation sites excluding steroid dienone is 1. The molecular formula is C11H16BrNS. The Morgan fingerprint density at radius 1 is 1.50 bits per heavy atom. The van der Waals surface area contributed by atoms with Crippen LogP contribution in [0.2, 0.25) is 0 Å². The maximum Gasteiger partial charge on any atom is 0.0317 e. The van der Waals surface area contributed by atoms with Crippen LogP contribution in [0.3, 0.4) is 0 Å². The Labute approximate surface area is 98.4 Å². The van der Waals surface area contributed by atoms with Crippen LogP contribution < -0.4 is 5.32 Å². The molecule has 0 unspecified atom stereocenters. The Balaban J connectivity index is 2.17. The molecule has 1 aromatic heterocycles. The first-order chi connectivity index (χ1) is 6.84. The van der Waals surface area contributed by atoms with Gasteiger partial charge in [-0.3, -0.25) is 0 Å². The second kappa shape index (κ2) is 7.21. The van der Waals surface area contributed by atoms with E-state index in [1.54, 1.807) is 11.3 Å². The summed E-state index contributed by atoms with van der Waals surface area (Å²) in [6, 6.07) is 2.10. The number of nitrogens with one attached hydrogen (secondary N) is 1. The molecule has 3 heteroatoms. The first-order valence-electron chi connectivity index (χ1n) is 4.92. The zero-order chi connectivity index (χ0) is 10.2. The van der Waals surface area contributed by atoms with Gasteiger partial charge in [0.15, 0.2) is 0 Å². The molecule has 0 amide bonds. The summed E-state index contributed by atoms with van der Waals surface area (Å²) >= 11 is 5.33. The lowest BCUT2D eigenvalue weighted by atomic mass is 10.3. The van der Waals surface area contributed by atoms with Gasteiger partial charge in [0, 0.05) is 15.8 Å². The summed E-state index contributed by atoms with van der Waals surface area (Å²) in [5, 5.41) is 5.41. The lowest BCUT2D eigenvalue weighted by Crippen LogP contribution is -2.12. The zero-order valence-corrected chi connectivity index (χ0v) is 10.8. The second-order valence-electron chi connectivity index (χ2n) is 3.01. The maximum absolute atomic E-state index is 3.52. The Bertz CT molecular complexity index is 281. The fourth-order valence-electron chi connectivity index (χ4n) is 1.14. The van der Waals surface area contributed by atoms with E-state index in [0.717, 1.165) is 25.9 Å². The highest BCUT2D eigenvalue weighted by molar-refractivity contribution is 9.10. The molecule has 1 rings (SSSR count). The monoisotopic (exact) mass is 273 g/mol. The Hall–Kier alpha value is -0.120. The van der Waals surface area contributed by atoms with Gasteiger partial charge in [0.05, 0.1) is 0 Å². The molecule has 0 fully saturated rings. The predicted molar refractivity (Wildman–Crippen MR) is 68.0 cm³/mol. The van der Waals surface area contributed by atoms with Gasteiger partial charge in [0.25, 0.3) is 0 Å². The van der Waals surface area contributed by atoms with E-state index >= 15 is 0 Å². The van der Waals surface area contributed by atoms with Gasteiger partial charge in [-0.2, -0.15) is 0 Å². The molecule has 0 saturated heterocycles. The first kappa shape index (κ1) is 12.0. The van der Waals surface area contributed by atoms with Gasteiger partial charge in [-0.15, -0.1) is 11.3 Å². The summed E-state index contributed by atoms with van der Waals surface area (Å²) in [4.78, 5) is 1.41. The van der Waals surface area contributed by atoms with Crippen molar-refractivity contribution in [3.05, 3.63) is 32.9 Å². The molecule has 0 radical (unpaired) electrons. The molecule has 0 aliphatic carbocycles. The van der Waals surface area contributed by atoms with Crippen molar-refractivity contribution < 1.29 is 0 Å². The minimum absolute atomic E-state index is 1.05. The normalized spacial score (nSPS) is 11.3. The summed E-state index contributed by atoms with van der Waals surface area (Å²) in [5.74, 6) is 0. The maximum atomic E-state index is 3.52. The fraction of sp³-hybridized carbons (Fsp3) is 0.455. The number of hydrogen-bond acceptors (Lipinski definition) is 2. The molecule has 1 nitrogen and oxygen atoms in total. The van der Waals surface area contributed by atoms with Crippen molar-refractivity contribution in [2.45, 2.75) is 19.8 Å². The number of halogens is 1. The molecule has 78 valence electrons. The summed E-state index contributed by atoms with van der Waals surface area (Å²) < 4.78 is 1.24. The number of hydrogen-bond donors (Lipinski definition) is 1. The van der Waals surface area contributed by atoms with Crippen molar-refractivity contribution >= 4 is 27.3 Å². The molecule has 1 heterocycles. The standard InChI is InChI=1S/C11H16BrNS/c1-2-13-8-5-3-4-6-11-10(12)7-9-14-11/h3-4,7,9,13H,2,5-6,8H2,1H3. The molecule has 0 saturated carbocycles. The average Bonchev–Trinajstić information content (AvgIpc) is 2.58. The van der Waals surface area contributed by atoms with E-state index in [1.807, 2.05) is 0 Å². The van der Waals surface area contributed by atoms with Gasteiger partial charge < -0.3 is 5.32 Å². The lowest BCUT2D eigenvalue weighted by molar-refractivity contribution is 0.726. The van der Waals surface area contributed by atoms with Crippen LogP contribution in [0.5, 0.6) is 0 Å². The summed E-state index contributed by atoms with van der Waals surface area (Å²) in [7, 11) is 0. The fourth-order valence-corrected chi connectivity index (χ4v) is 2.63. The molecule has 0 spiro atoms. The van der Waals surface area contributed by atoms with Crippen LogP contribution >= 0.6 is 27.3 Å². The molecule has 1 N–H and O–H groups in total. The van der Waals surface area contributed by atoms with Crippen molar-refractivity contribution in [1.82, 2.24) is 5.32 Å². The van der Waals surface area contributed by atoms with Crippen molar-refractivity contribution in [3.8, 4) is 0 Å². The van der Waals surface area contributed by atoms with E-state index in [-0.39, 0.29) is 0 Å². The third-order valence-corrected chi connectivity index (χ3v) is 3.85. The van der Waals surface area contributed by atoms with Crippen molar-refractivity contribution in [1.29, 1.82) is 0 Å². The van der Waals surface area contributed by atoms with E-state index in [9.17, 15) is 0 Å². The molecular weight excluding hydrogens is 258 g/mol. The SMILES string of the molecule is CCNCCC=CCc1sccc1Br. The van der Waals surface area contributed by atoms with E-state index in [1.165, 1.54) is 9.35 Å². The van der Waals surface area contributed by atoms with E-state index in [0.29, 0.717) is 0 Å². The summed E-state index contributed by atoms with van der Waals surface area (Å²) in [6.45, 7) is 4.27. The van der Waals surface area contributed by atoms with Crippen LogP contribution in [0.25, 0.3) is 0 Å². The average molecular weight is 274 g/mol. The number of thiophene rings is 1. The molecule has 1 aromatic rings. The third-order valence-electron chi connectivity index (χ3n) is 1.90. The smallest absolute Gasteiger partial charge is 0.0317 e. The summed E-state index contributed by atoms with van der Waals surface area (Å²) in [5.41, 5.74) is 0. The van der Waals surface area contributed by atoms with E-state index in [4.69, 9.17) is 0 Å². The van der Waals surface area contributed by atoms with Gasteiger partial charge in [-0.05, 0) is 46.9 Å². The molecule has 0 aliphatic rings. The van der Waals surface area contributed by atoms with Crippen molar-refractivity contribution in [2.24, 2.45) is 0 Å². The summed E-state index contributed by atoms with van der Waals surface area (Å²) in [6.07, 6.45) is 6.66. The topological polar surface area (TPSA) is 12.0 Å². The van der Waals surface area contributed by atoms with Crippen LogP contribution in [-0.4, -0.2) is 13.1 Å². The van der Waals surface area contributed by atoms with E-state index < -0.39 is 0 Å². The van der Waals surface area contributed by atoms with Gasteiger partial charge in [-0.25, -0.2) is 0 Å². The molecule has 0 atom stereocenters. The molecule has 0 bridgehead atoms. The van der Waals surface area contributed by atoms with Crippen molar-refractivity contribution in [2.75, 3.05) is 13.1 Å². The van der Waals surface area contributed by atoms with Crippen LogP contribution in [0.1, 0.15) is 18.2 Å². The lowest BCUT2D eigenvalue weighted by Gasteiger charge is -1.95. The highest BCUT2D eigenvalue weighted by Gasteiger charge is 1.96. The van der Waals surface area contributed by atoms with Gasteiger partial charge in [0.2, 0.25) is 0 Å². The third kappa shape index (κ3) is 4.40. The van der Waals surface area contributed by atoms with Crippen LogP contribution in [0.15, 0.2) is 28.1 Å². The molecule has 0 aliphatic heterocycles. The first-order valence-corrected chi connectivity index (χ1v) is 6.59. The number of rotatable bonds is 6. The minimum Gasteiger partial charge on any atom is -0.317 e. The van der Waals surface area contributed by atoms with Crippen LogP contribution in [0.4, 0.5) is 0 Å². The predicted octanol–water partition coefficient (Wildman–Crippen LogP) is 3.61. The Kier molecular flexibility index (Phi) is 6.15. The van der Waals surface area contributed by atoms with Gasteiger partial charge in [0.1, 0.15) is 0 Å². The van der Waals surface area contributed by atoms with Crippen molar-refractivity contribution in [3.63, 3.8) is 0 Å². The zero-order valence-electron chi connectivity index (χ0n) is 8.42. The van der Waals surface area contributed by atoms with E-state index in [2.05, 4.69) is 51.8 Å². The highest BCUT2D eigenvalue weighted by atomic mass is 79.9. The van der Waals surface area contributed by atoms with Gasteiger partial charge in [-0.1, -0.05) is 19.1 Å². The quantitative estimate of drug-likeness (QED) is 0.617. The van der Waals surface area contributed by atoms with Crippen LogP contribution in [0, 0.1) is 0 Å². The molecule has 0 aromatic carbocycles. The Morgan fingerprint density at radius 2 is 2.36 bits per heavy atom. The molecule has 14 heavy (non-hydrogen) atoms. The second-order valence-corrected chi connectivity index (χ2v) is 4.86. The highest BCUT2D eigenvalue weighted by Crippen LogP contribution is 2.23. The minimum atomic E-state index is 1.05. The Morgan fingerprint density at radius 3 is 3.00 bits per heavy atom. The largest absolute Gasteiger partial charge is 0.317 e. The van der Waals surface area contributed by atoms with Crippen LogP contribution in [-0.2, 0) is 6.42 Å².